The van der Waals surface area contributed by atoms with E-state index in [2.05, 4.69) is 39.5 Å². The first-order valence-electron chi connectivity index (χ1n) is 13.5. The van der Waals surface area contributed by atoms with Gasteiger partial charge in [-0.25, -0.2) is 0 Å². The van der Waals surface area contributed by atoms with Crippen molar-refractivity contribution in [2.24, 2.45) is 10.8 Å². The zero-order valence-electron chi connectivity index (χ0n) is 23.1. The van der Waals surface area contributed by atoms with E-state index in [1.807, 2.05) is 24.3 Å². The molecule has 39 heavy (non-hydrogen) atoms. The van der Waals surface area contributed by atoms with Crippen LogP contribution in [0.25, 0.3) is 0 Å². The number of halogens is 3. The van der Waals surface area contributed by atoms with Crippen LogP contribution in [0.1, 0.15) is 77.3 Å². The molecule has 0 saturated carbocycles. The normalized spacial score (nSPS) is 20.8. The second-order valence-corrected chi connectivity index (χ2v) is 13.7. The van der Waals surface area contributed by atoms with Crippen molar-refractivity contribution < 1.29 is 14.3 Å². The van der Waals surface area contributed by atoms with Crippen molar-refractivity contribution in [3.05, 3.63) is 85.1 Å². The molecule has 0 fully saturated rings. The summed E-state index contributed by atoms with van der Waals surface area (Å²) in [6.07, 6.45) is 2.31. The zero-order valence-corrected chi connectivity index (χ0v) is 25.4. The first-order valence-corrected chi connectivity index (χ1v) is 14.6. The number of carbonyl (C=O) groups excluding carboxylic acids is 2. The Bertz CT molecular complexity index is 1380. The second kappa shape index (κ2) is 10.3. The zero-order chi connectivity index (χ0) is 28.3. The summed E-state index contributed by atoms with van der Waals surface area (Å²) < 4.78 is 6.35. The molecule has 0 saturated heterocycles. The lowest BCUT2D eigenvalue weighted by Crippen LogP contribution is -2.44. The maximum Gasteiger partial charge on any atom is 0.162 e. The van der Waals surface area contributed by atoms with Crippen molar-refractivity contribution in [1.82, 2.24) is 4.90 Å². The van der Waals surface area contributed by atoms with Gasteiger partial charge in [0, 0.05) is 69.0 Å². The van der Waals surface area contributed by atoms with Crippen molar-refractivity contribution in [2.75, 3.05) is 6.54 Å². The van der Waals surface area contributed by atoms with E-state index >= 15 is 0 Å². The molecule has 0 aromatic heterocycles. The molecule has 0 radical (unpaired) electrons. The molecule has 0 unspecified atom stereocenters. The van der Waals surface area contributed by atoms with Crippen molar-refractivity contribution >= 4 is 46.4 Å². The molecule has 0 amide bonds. The van der Waals surface area contributed by atoms with Gasteiger partial charge in [-0.2, -0.15) is 0 Å². The van der Waals surface area contributed by atoms with Gasteiger partial charge in [-0.05, 0) is 48.8 Å². The van der Waals surface area contributed by atoms with Gasteiger partial charge in [0.05, 0.1) is 5.02 Å². The third-order valence-corrected chi connectivity index (χ3v) is 8.88. The molecule has 2 aromatic carbocycles. The van der Waals surface area contributed by atoms with Crippen LogP contribution >= 0.6 is 34.8 Å². The summed E-state index contributed by atoms with van der Waals surface area (Å²) in [5.74, 6) is -0.0589. The van der Waals surface area contributed by atoms with Crippen LogP contribution in [0, 0.1) is 10.8 Å². The third-order valence-electron chi connectivity index (χ3n) is 8.02. The number of carbonyl (C=O) groups is 2. The van der Waals surface area contributed by atoms with Gasteiger partial charge < -0.3 is 9.64 Å². The van der Waals surface area contributed by atoms with E-state index in [0.717, 1.165) is 29.8 Å². The molecule has 0 bridgehead atoms. The molecule has 2 aliphatic carbocycles. The number of ether oxygens (including phenoxy) is 1. The Labute approximate surface area is 245 Å². The molecular weight excluding hydrogens is 553 g/mol. The fourth-order valence-electron chi connectivity index (χ4n) is 6.45. The van der Waals surface area contributed by atoms with Gasteiger partial charge in [-0.1, -0.05) is 80.7 Å². The quantitative estimate of drug-likeness (QED) is 0.351. The van der Waals surface area contributed by atoms with Gasteiger partial charge in [0.15, 0.2) is 11.6 Å². The molecule has 3 aliphatic rings. The van der Waals surface area contributed by atoms with Crippen LogP contribution in [0.3, 0.4) is 0 Å². The highest BCUT2D eigenvalue weighted by Gasteiger charge is 2.49. The smallest absolute Gasteiger partial charge is 0.162 e. The third kappa shape index (κ3) is 5.28. The van der Waals surface area contributed by atoms with Crippen LogP contribution in [-0.2, 0) is 16.2 Å². The number of hydrogen-bond acceptors (Lipinski definition) is 4. The van der Waals surface area contributed by atoms with Crippen molar-refractivity contribution in [2.45, 2.75) is 72.8 Å². The number of allylic oxidation sites excluding steroid dienone is 4. The van der Waals surface area contributed by atoms with Crippen LogP contribution in [-0.4, -0.2) is 23.0 Å². The van der Waals surface area contributed by atoms with Gasteiger partial charge in [0.1, 0.15) is 12.4 Å². The lowest BCUT2D eigenvalue weighted by Gasteiger charge is -2.49. The van der Waals surface area contributed by atoms with Gasteiger partial charge in [-0.3, -0.25) is 9.59 Å². The number of rotatable bonds is 5. The Morgan fingerprint density at radius 2 is 1.41 bits per heavy atom. The predicted molar refractivity (Wildman–Crippen MR) is 157 cm³/mol. The van der Waals surface area contributed by atoms with E-state index in [0.29, 0.717) is 56.9 Å². The highest BCUT2D eigenvalue weighted by Crippen LogP contribution is 2.56. The van der Waals surface area contributed by atoms with Gasteiger partial charge in [0.2, 0.25) is 0 Å². The highest BCUT2D eigenvalue weighted by atomic mass is 35.5. The molecule has 4 nitrogen and oxygen atoms in total. The van der Waals surface area contributed by atoms with E-state index < -0.39 is 5.92 Å². The van der Waals surface area contributed by atoms with Crippen LogP contribution in [0.4, 0.5) is 0 Å². The van der Waals surface area contributed by atoms with Crippen LogP contribution in [0.2, 0.25) is 15.1 Å². The monoisotopic (exact) mass is 585 g/mol. The molecule has 7 heteroatoms. The summed E-state index contributed by atoms with van der Waals surface area (Å²) in [6, 6.07) is 10.9. The number of benzene rings is 2. The number of hydrogen-bond donors (Lipinski definition) is 0. The number of nitrogens with zero attached hydrogens (tertiary/aromatic N) is 1. The minimum Gasteiger partial charge on any atom is -0.487 e. The average Bonchev–Trinajstić information content (AvgIpc) is 2.81. The molecule has 2 aromatic rings. The number of Topliss-reactive ketones (excluding diaryl/α,β-unsaturated/α-hetero) is 2. The van der Waals surface area contributed by atoms with Crippen molar-refractivity contribution in [3.63, 3.8) is 0 Å². The molecule has 0 N–H and O–H groups in total. The minimum atomic E-state index is -0.595. The van der Waals surface area contributed by atoms with E-state index in [9.17, 15) is 9.59 Å². The molecule has 0 atom stereocenters. The van der Waals surface area contributed by atoms with E-state index in [1.165, 1.54) is 0 Å². The fourth-order valence-corrected chi connectivity index (χ4v) is 7.21. The predicted octanol–water partition coefficient (Wildman–Crippen LogP) is 8.93. The van der Waals surface area contributed by atoms with Gasteiger partial charge in [-0.15, -0.1) is 0 Å². The molecule has 1 heterocycles. The summed E-state index contributed by atoms with van der Waals surface area (Å²) in [6.45, 7) is 11.5. The summed E-state index contributed by atoms with van der Waals surface area (Å²) >= 11 is 19.8. The average molecular weight is 587 g/mol. The standard InChI is InChI=1S/C32H34Cl3NO3/c1-6-36-23-13-31(2,3)15-25(37)28(23)27(29-24(36)14-32(4,5)16-26(29)38)20-11-19(33)12-22(35)30(20)39-17-18-9-7-8-10-21(18)34/h7-12,27H,6,13-17H2,1-5H3. The van der Waals surface area contributed by atoms with Crippen LogP contribution in [0.15, 0.2) is 58.9 Å². The summed E-state index contributed by atoms with van der Waals surface area (Å²) in [5.41, 5.74) is 4.43. The maximum absolute atomic E-state index is 14.0. The van der Waals surface area contributed by atoms with Crippen molar-refractivity contribution in [1.29, 1.82) is 0 Å². The Hall–Kier alpha value is -2.27. The highest BCUT2D eigenvalue weighted by molar-refractivity contribution is 6.36. The molecule has 0 spiro atoms. The summed E-state index contributed by atoms with van der Waals surface area (Å²) in [5, 5.41) is 1.35. The van der Waals surface area contributed by atoms with Crippen LogP contribution in [0.5, 0.6) is 5.75 Å². The van der Waals surface area contributed by atoms with Gasteiger partial charge in [0.25, 0.3) is 0 Å². The van der Waals surface area contributed by atoms with Crippen molar-refractivity contribution in [3.8, 4) is 5.75 Å². The second-order valence-electron chi connectivity index (χ2n) is 12.5. The number of ketones is 2. The Morgan fingerprint density at radius 3 is 1.95 bits per heavy atom. The van der Waals surface area contributed by atoms with Crippen LogP contribution < -0.4 is 4.74 Å². The molecular formula is C32H34Cl3NO3. The van der Waals surface area contributed by atoms with E-state index in [1.54, 1.807) is 12.1 Å². The Morgan fingerprint density at radius 1 is 0.846 bits per heavy atom. The Kier molecular flexibility index (Phi) is 7.45. The topological polar surface area (TPSA) is 46.6 Å². The summed E-state index contributed by atoms with van der Waals surface area (Å²) in [7, 11) is 0. The first-order chi connectivity index (χ1) is 18.3. The SMILES string of the molecule is CCN1C2=C(C(=O)CC(C)(C)C2)C(c2cc(Cl)cc(Cl)c2OCc2ccccc2Cl)C2=C1CC(C)(C)CC2=O. The maximum atomic E-state index is 14.0. The minimum absolute atomic E-state index is 0.0574. The van der Waals surface area contributed by atoms with E-state index in [-0.39, 0.29) is 29.0 Å². The van der Waals surface area contributed by atoms with Gasteiger partial charge >= 0.3 is 0 Å². The lowest BCUT2D eigenvalue weighted by atomic mass is 9.63. The fraction of sp³-hybridized carbons (Fsp3) is 0.438. The molecule has 5 rings (SSSR count). The summed E-state index contributed by atoms with van der Waals surface area (Å²) in [4.78, 5) is 30.2. The first kappa shape index (κ1) is 28.3. The Balaban J connectivity index is 1.74. The molecule has 206 valence electrons. The molecule has 1 aliphatic heterocycles. The lowest BCUT2D eigenvalue weighted by molar-refractivity contribution is -0.119. The largest absolute Gasteiger partial charge is 0.487 e. The van der Waals surface area contributed by atoms with E-state index in [4.69, 9.17) is 39.5 Å².